The van der Waals surface area contributed by atoms with Crippen LogP contribution in [0.15, 0.2) is 33.7 Å². The van der Waals surface area contributed by atoms with Gasteiger partial charge in [-0.25, -0.2) is 9.97 Å². The molecule has 1 aliphatic heterocycles. The number of carbonyl (C=O) groups excluding carboxylic acids is 1. The maximum absolute atomic E-state index is 12.5. The third-order valence-electron chi connectivity index (χ3n) is 4.59. The molecule has 8 heteroatoms. The number of amides is 1. The van der Waals surface area contributed by atoms with Gasteiger partial charge in [0, 0.05) is 11.5 Å². The van der Waals surface area contributed by atoms with E-state index in [1.54, 1.807) is 6.20 Å². The molecule has 2 aliphatic rings. The Morgan fingerprint density at radius 2 is 2.30 bits per heavy atom. The molecule has 2 aromatic rings. The topological polar surface area (TPSA) is 80.1 Å². The van der Waals surface area contributed by atoms with E-state index < -0.39 is 0 Å². The molecule has 0 radical (unpaired) electrons. The second-order valence-corrected chi connectivity index (χ2v) is 6.80. The van der Waals surface area contributed by atoms with E-state index >= 15 is 0 Å². The zero-order chi connectivity index (χ0) is 15.3. The Morgan fingerprint density at radius 1 is 1.48 bits per heavy atom. The van der Waals surface area contributed by atoms with Crippen molar-refractivity contribution in [2.45, 2.75) is 37.3 Å². The van der Waals surface area contributed by atoms with Crippen molar-refractivity contribution >= 4 is 40.1 Å². The SMILES string of the molecule is Cc1ccc(Br)nc1NC(=O)[C@@H]1C[C@@]2(c3cnco3)C[C@H]2N1.Cl. The first-order valence-corrected chi connectivity index (χ1v) is 7.97. The summed E-state index contributed by atoms with van der Waals surface area (Å²) in [6.07, 6.45) is 4.93. The van der Waals surface area contributed by atoms with E-state index in [-0.39, 0.29) is 29.8 Å². The predicted molar refractivity (Wildman–Crippen MR) is 90.7 cm³/mol. The number of carbonyl (C=O) groups is 1. The van der Waals surface area contributed by atoms with Crippen LogP contribution in [0.3, 0.4) is 0 Å². The van der Waals surface area contributed by atoms with Gasteiger partial charge < -0.3 is 15.1 Å². The van der Waals surface area contributed by atoms with Gasteiger partial charge in [0.25, 0.3) is 0 Å². The van der Waals surface area contributed by atoms with E-state index in [1.165, 1.54) is 6.39 Å². The Labute approximate surface area is 148 Å². The molecule has 0 spiro atoms. The third kappa shape index (κ3) is 2.77. The second-order valence-electron chi connectivity index (χ2n) is 5.99. The summed E-state index contributed by atoms with van der Waals surface area (Å²) >= 11 is 3.32. The lowest BCUT2D eigenvalue weighted by atomic mass is 9.97. The smallest absolute Gasteiger partial charge is 0.242 e. The number of oxazole rings is 1. The average molecular weight is 400 g/mol. The van der Waals surface area contributed by atoms with Crippen molar-refractivity contribution in [1.82, 2.24) is 15.3 Å². The molecule has 2 N–H and O–H groups in total. The predicted octanol–water partition coefficient (Wildman–Crippen LogP) is 2.57. The fourth-order valence-electron chi connectivity index (χ4n) is 3.25. The molecular formula is C15H16BrClN4O2. The van der Waals surface area contributed by atoms with Gasteiger partial charge in [0.1, 0.15) is 16.2 Å². The van der Waals surface area contributed by atoms with Crippen molar-refractivity contribution < 1.29 is 9.21 Å². The zero-order valence-electron chi connectivity index (χ0n) is 12.4. The molecule has 23 heavy (non-hydrogen) atoms. The molecule has 1 saturated heterocycles. The van der Waals surface area contributed by atoms with Crippen LogP contribution in [0, 0.1) is 6.92 Å². The van der Waals surface area contributed by atoms with Crippen LogP contribution < -0.4 is 10.6 Å². The van der Waals surface area contributed by atoms with Crippen LogP contribution in [0.5, 0.6) is 0 Å². The van der Waals surface area contributed by atoms with E-state index in [2.05, 4.69) is 36.5 Å². The Kier molecular flexibility index (Phi) is 4.20. The summed E-state index contributed by atoms with van der Waals surface area (Å²) in [7, 11) is 0. The van der Waals surface area contributed by atoms with E-state index in [0.29, 0.717) is 16.5 Å². The first kappa shape index (κ1) is 16.4. The van der Waals surface area contributed by atoms with Crippen LogP contribution in [0.4, 0.5) is 5.82 Å². The second kappa shape index (κ2) is 5.89. The molecule has 3 heterocycles. The van der Waals surface area contributed by atoms with Gasteiger partial charge in [-0.05, 0) is 47.3 Å². The van der Waals surface area contributed by atoms with E-state index in [0.717, 1.165) is 24.2 Å². The van der Waals surface area contributed by atoms with Crippen LogP contribution in [0.2, 0.25) is 0 Å². The van der Waals surface area contributed by atoms with Gasteiger partial charge in [-0.15, -0.1) is 12.4 Å². The fourth-order valence-corrected chi connectivity index (χ4v) is 3.56. The summed E-state index contributed by atoms with van der Waals surface area (Å²) in [5.41, 5.74) is 0.878. The van der Waals surface area contributed by atoms with Crippen LogP contribution >= 0.6 is 28.3 Å². The zero-order valence-corrected chi connectivity index (χ0v) is 14.8. The molecule has 0 aromatic carbocycles. The highest BCUT2D eigenvalue weighted by molar-refractivity contribution is 9.10. The van der Waals surface area contributed by atoms with E-state index in [1.807, 2.05) is 19.1 Å². The van der Waals surface area contributed by atoms with Crippen molar-refractivity contribution in [3.05, 3.63) is 40.7 Å². The molecule has 1 aliphatic carbocycles. The lowest BCUT2D eigenvalue weighted by molar-refractivity contribution is -0.118. The number of rotatable bonds is 3. The van der Waals surface area contributed by atoms with Crippen molar-refractivity contribution in [3.63, 3.8) is 0 Å². The summed E-state index contributed by atoms with van der Waals surface area (Å²) < 4.78 is 6.14. The molecule has 0 unspecified atom stereocenters. The number of hydrogen-bond acceptors (Lipinski definition) is 5. The van der Waals surface area contributed by atoms with Gasteiger partial charge in [-0.1, -0.05) is 6.07 Å². The maximum Gasteiger partial charge on any atom is 0.242 e. The lowest BCUT2D eigenvalue weighted by Crippen LogP contribution is -2.38. The molecular weight excluding hydrogens is 384 g/mol. The summed E-state index contributed by atoms with van der Waals surface area (Å²) in [6.45, 7) is 1.92. The Hall–Kier alpha value is -1.44. The number of anilines is 1. The number of nitrogens with zero attached hydrogens (tertiary/aromatic N) is 2. The number of pyridine rings is 1. The molecule has 122 valence electrons. The van der Waals surface area contributed by atoms with Crippen LogP contribution in [-0.4, -0.2) is 28.0 Å². The lowest BCUT2D eigenvalue weighted by Gasteiger charge is -2.15. The summed E-state index contributed by atoms with van der Waals surface area (Å²) in [5, 5.41) is 6.28. The van der Waals surface area contributed by atoms with Crippen molar-refractivity contribution in [2.75, 3.05) is 5.32 Å². The number of halogens is 2. The summed E-state index contributed by atoms with van der Waals surface area (Å²) in [6, 6.07) is 3.84. The highest BCUT2D eigenvalue weighted by Gasteiger charge is 2.64. The monoisotopic (exact) mass is 398 g/mol. The average Bonchev–Trinajstić information content (AvgIpc) is 2.92. The van der Waals surface area contributed by atoms with E-state index in [4.69, 9.17) is 4.42 Å². The number of piperidine rings is 1. The number of aryl methyl sites for hydroxylation is 1. The minimum Gasteiger partial charge on any atom is -0.448 e. The highest BCUT2D eigenvalue weighted by Crippen LogP contribution is 2.56. The largest absolute Gasteiger partial charge is 0.448 e. The first-order valence-electron chi connectivity index (χ1n) is 7.17. The Morgan fingerprint density at radius 3 is 3.04 bits per heavy atom. The number of fused-ring (bicyclic) bond motifs is 1. The Bertz CT molecular complexity index is 739. The minimum absolute atomic E-state index is 0. The molecule has 1 amide bonds. The molecule has 0 bridgehead atoms. The standard InChI is InChI=1S/C15H15BrN4O2.ClH/c1-8-2-3-12(16)19-13(8)20-14(21)9-4-15(5-10(15)18-9)11-6-17-7-22-11;/h2-3,6-7,9-10,18H,4-5H2,1H3,(H,19,20,21);1H/t9-,10+,15+;/m0./s1. The minimum atomic E-state index is -0.232. The van der Waals surface area contributed by atoms with Gasteiger partial charge in [-0.3, -0.25) is 4.79 Å². The van der Waals surface area contributed by atoms with Gasteiger partial charge in [0.15, 0.2) is 6.39 Å². The number of aromatic nitrogens is 2. The van der Waals surface area contributed by atoms with E-state index in [9.17, 15) is 4.79 Å². The molecule has 4 rings (SSSR count). The van der Waals surface area contributed by atoms with Gasteiger partial charge in [-0.2, -0.15) is 0 Å². The number of nitrogens with one attached hydrogen (secondary N) is 2. The van der Waals surface area contributed by atoms with Crippen molar-refractivity contribution in [3.8, 4) is 0 Å². The summed E-state index contributed by atoms with van der Waals surface area (Å²) in [4.78, 5) is 20.8. The van der Waals surface area contributed by atoms with Gasteiger partial charge in [0.2, 0.25) is 5.91 Å². The molecule has 1 saturated carbocycles. The molecule has 6 nitrogen and oxygen atoms in total. The quantitative estimate of drug-likeness (QED) is 0.776. The molecule has 2 aromatic heterocycles. The summed E-state index contributed by atoms with van der Waals surface area (Å²) in [5.74, 6) is 1.41. The molecule has 2 fully saturated rings. The van der Waals surface area contributed by atoms with Crippen molar-refractivity contribution in [1.29, 1.82) is 0 Å². The number of hydrogen-bond donors (Lipinski definition) is 2. The maximum atomic E-state index is 12.5. The van der Waals surface area contributed by atoms with Crippen LogP contribution in [0.1, 0.15) is 24.2 Å². The highest BCUT2D eigenvalue weighted by atomic mass is 79.9. The Balaban J connectivity index is 0.00000156. The van der Waals surface area contributed by atoms with Gasteiger partial charge in [0.05, 0.1) is 12.2 Å². The fraction of sp³-hybridized carbons (Fsp3) is 0.400. The van der Waals surface area contributed by atoms with Crippen molar-refractivity contribution in [2.24, 2.45) is 0 Å². The first-order chi connectivity index (χ1) is 10.6. The van der Waals surface area contributed by atoms with Crippen LogP contribution in [-0.2, 0) is 10.2 Å². The van der Waals surface area contributed by atoms with Crippen LogP contribution in [0.25, 0.3) is 0 Å². The molecule has 3 atom stereocenters. The normalized spacial score (nSPS) is 27.9. The third-order valence-corrected chi connectivity index (χ3v) is 5.03. The van der Waals surface area contributed by atoms with Gasteiger partial charge >= 0.3 is 0 Å².